The summed E-state index contributed by atoms with van der Waals surface area (Å²) in [7, 11) is 0. The van der Waals surface area contributed by atoms with Crippen molar-refractivity contribution in [2.24, 2.45) is 22.9 Å². The van der Waals surface area contributed by atoms with Gasteiger partial charge in [-0.3, -0.25) is 14.4 Å². The van der Waals surface area contributed by atoms with E-state index in [1.165, 1.54) is 10.8 Å². The highest BCUT2D eigenvalue weighted by Gasteiger charge is 2.41. The minimum atomic E-state index is -2.43. The van der Waals surface area contributed by atoms with Crippen LogP contribution in [0.15, 0.2) is 79.0 Å². The fourth-order valence-corrected chi connectivity index (χ4v) is 4.96. The molecule has 10 N–H and O–H groups in total. The molecule has 2 amide bonds. The number of hydrogen-bond acceptors (Lipinski definition) is 8. The smallest absolute Gasteiger partial charge is 0.331 e. The Hall–Kier alpha value is -5.66. The molecule has 4 aromatic rings. The van der Waals surface area contributed by atoms with Gasteiger partial charge in [0, 0.05) is 30.2 Å². The summed E-state index contributed by atoms with van der Waals surface area (Å²) in [5, 5.41) is 26.1. The number of rotatable bonds is 14. The molecule has 45 heavy (non-hydrogen) atoms. The van der Waals surface area contributed by atoms with E-state index in [0.29, 0.717) is 16.6 Å². The van der Waals surface area contributed by atoms with E-state index in [-0.39, 0.29) is 29.7 Å². The number of primary amides is 2. The average molecular weight is 613 g/mol. The first-order chi connectivity index (χ1) is 21.3. The maximum atomic E-state index is 13.2. The lowest BCUT2D eigenvalue weighted by Gasteiger charge is -2.28. The third-order valence-corrected chi connectivity index (χ3v) is 7.56. The summed E-state index contributed by atoms with van der Waals surface area (Å²) in [5.74, 6) is -5.60. The third kappa shape index (κ3) is 6.64. The minimum Gasteiger partial charge on any atom is -0.480 e. The summed E-state index contributed by atoms with van der Waals surface area (Å²) in [6.07, 6.45) is 2.26. The highest BCUT2D eigenvalue weighted by atomic mass is 16.4. The molecular weight excluding hydrogens is 580 g/mol. The number of aromatic nitrogens is 2. The zero-order chi connectivity index (χ0) is 32.9. The molecule has 0 aliphatic heterocycles. The van der Waals surface area contributed by atoms with Gasteiger partial charge < -0.3 is 33.1 Å². The second-order valence-corrected chi connectivity index (χ2v) is 10.6. The van der Waals surface area contributed by atoms with Crippen molar-refractivity contribution in [1.29, 1.82) is 0 Å². The monoisotopic (exact) mass is 612 g/mol. The Balaban J connectivity index is 1.99. The number of hydrogen-bond donors (Lipinski definition) is 6. The molecule has 4 rings (SSSR count). The van der Waals surface area contributed by atoms with Crippen molar-refractivity contribution < 1.29 is 34.2 Å². The van der Waals surface area contributed by atoms with Gasteiger partial charge in [0.2, 0.25) is 11.8 Å². The molecule has 0 fully saturated rings. The van der Waals surface area contributed by atoms with Crippen LogP contribution in [0.2, 0.25) is 0 Å². The first kappa shape index (κ1) is 32.3. The first-order valence-electron chi connectivity index (χ1n) is 13.8. The van der Waals surface area contributed by atoms with Gasteiger partial charge in [-0.2, -0.15) is 5.10 Å². The fraction of sp³-hybridized carbons (Fsp3) is 0.188. The van der Waals surface area contributed by atoms with Crippen LogP contribution in [0.25, 0.3) is 33.8 Å². The lowest BCUT2D eigenvalue weighted by molar-refractivity contribution is -0.147. The number of benzene rings is 3. The largest absolute Gasteiger partial charge is 0.480 e. The van der Waals surface area contributed by atoms with Crippen LogP contribution in [0.4, 0.5) is 0 Å². The highest BCUT2D eigenvalue weighted by Crippen LogP contribution is 2.40. The maximum absolute atomic E-state index is 13.2. The second-order valence-electron chi connectivity index (χ2n) is 10.6. The Bertz CT molecular complexity index is 1830. The third-order valence-electron chi connectivity index (χ3n) is 7.56. The molecule has 0 saturated heterocycles. The van der Waals surface area contributed by atoms with Crippen LogP contribution in [-0.4, -0.2) is 55.1 Å². The van der Waals surface area contributed by atoms with E-state index in [1.54, 1.807) is 60.8 Å². The van der Waals surface area contributed by atoms with Crippen molar-refractivity contribution in [2.75, 3.05) is 0 Å². The zero-order valence-corrected chi connectivity index (χ0v) is 24.1. The van der Waals surface area contributed by atoms with E-state index < -0.39 is 53.5 Å². The number of ketones is 1. The predicted molar refractivity (Wildman–Crippen MR) is 165 cm³/mol. The van der Waals surface area contributed by atoms with Crippen LogP contribution in [0.5, 0.6) is 0 Å². The molecule has 0 aliphatic rings. The predicted octanol–water partition coefficient (Wildman–Crippen LogP) is 1.83. The van der Waals surface area contributed by atoms with Gasteiger partial charge in [0.15, 0.2) is 11.3 Å². The van der Waals surface area contributed by atoms with E-state index in [2.05, 4.69) is 0 Å². The Morgan fingerprint density at radius 1 is 0.800 bits per heavy atom. The number of amides is 2. The van der Waals surface area contributed by atoms with Crippen molar-refractivity contribution in [3.8, 4) is 16.9 Å². The molecule has 3 aromatic carbocycles. The molecule has 1 aromatic heterocycles. The van der Waals surface area contributed by atoms with Gasteiger partial charge in [-0.05, 0) is 53.5 Å². The number of aliphatic carboxylic acids is 2. The van der Waals surface area contributed by atoms with Gasteiger partial charge in [-0.25, -0.2) is 14.3 Å². The highest BCUT2D eigenvalue weighted by molar-refractivity contribution is 6.14. The van der Waals surface area contributed by atoms with E-state index >= 15 is 0 Å². The van der Waals surface area contributed by atoms with Crippen molar-refractivity contribution in [2.45, 2.75) is 36.8 Å². The number of para-hydroxylation sites is 1. The Morgan fingerprint density at radius 3 is 2.04 bits per heavy atom. The molecule has 2 atom stereocenters. The standard InChI is InChI=1S/C32H32N6O7/c33-25(40)14-16-31(35,29(42)43)23-12-10-19-6-4-5-9-22(19)27(23)28-20(18-38(37-28)21-7-2-1-3-8-21)11-13-24(39)32(36,30(44)45)17-15-26(34)41/h1-13,18H,14-17,35-36H2,(H2,33,40)(H2,34,41)(H,42,43)(H,44,45)/b13-11+/t31-,32-/m1/s1. The zero-order valence-electron chi connectivity index (χ0n) is 24.1. The normalized spacial score (nSPS) is 14.1. The van der Waals surface area contributed by atoms with Crippen LogP contribution in [0.1, 0.15) is 36.8 Å². The summed E-state index contributed by atoms with van der Waals surface area (Å²) in [4.78, 5) is 60.9. The Kier molecular flexibility index (Phi) is 9.26. The first-order valence-corrected chi connectivity index (χ1v) is 13.8. The number of carboxylic acids is 2. The quantitative estimate of drug-likeness (QED) is 0.0890. The molecule has 13 nitrogen and oxygen atoms in total. The molecular formula is C32H32N6O7. The van der Waals surface area contributed by atoms with Gasteiger partial charge in [-0.15, -0.1) is 0 Å². The number of fused-ring (bicyclic) bond motifs is 1. The van der Waals surface area contributed by atoms with E-state index in [0.717, 1.165) is 11.5 Å². The molecule has 232 valence electrons. The summed E-state index contributed by atoms with van der Waals surface area (Å²) < 4.78 is 1.51. The second kappa shape index (κ2) is 12.9. The van der Waals surface area contributed by atoms with Crippen molar-refractivity contribution in [3.63, 3.8) is 0 Å². The molecule has 0 spiro atoms. The van der Waals surface area contributed by atoms with Gasteiger partial charge in [0.05, 0.1) is 5.69 Å². The maximum Gasteiger partial charge on any atom is 0.331 e. The van der Waals surface area contributed by atoms with E-state index in [9.17, 15) is 34.2 Å². The molecule has 0 saturated carbocycles. The topological polar surface area (TPSA) is 248 Å². The summed E-state index contributed by atoms with van der Waals surface area (Å²) in [6, 6.07) is 19.3. The lowest BCUT2D eigenvalue weighted by atomic mass is 9.80. The van der Waals surface area contributed by atoms with Crippen LogP contribution in [0.3, 0.4) is 0 Å². The SMILES string of the molecule is NC(=O)CC[C@](N)(C(=O)O)C(=O)/C=C/c1cn(-c2ccccc2)nc1-c1c([C@](N)(CCC(N)=O)C(=O)O)ccc2ccccc12. The van der Waals surface area contributed by atoms with Gasteiger partial charge in [0.1, 0.15) is 11.2 Å². The molecule has 0 radical (unpaired) electrons. The Labute approximate surface area is 257 Å². The van der Waals surface area contributed by atoms with Crippen LogP contribution in [-0.2, 0) is 29.5 Å². The lowest BCUT2D eigenvalue weighted by Crippen LogP contribution is -2.54. The number of nitrogens with two attached hydrogens (primary N) is 4. The van der Waals surface area contributed by atoms with Crippen molar-refractivity contribution in [3.05, 3.63) is 90.1 Å². The molecule has 0 unspecified atom stereocenters. The summed E-state index contributed by atoms with van der Waals surface area (Å²) in [6.45, 7) is 0. The van der Waals surface area contributed by atoms with Gasteiger partial charge in [-0.1, -0.05) is 54.6 Å². The number of carboxylic acid groups (broad SMARTS) is 2. The number of carbonyl (C=O) groups is 5. The van der Waals surface area contributed by atoms with Gasteiger partial charge in [0.25, 0.3) is 0 Å². The van der Waals surface area contributed by atoms with E-state index in [4.69, 9.17) is 28.0 Å². The van der Waals surface area contributed by atoms with Crippen LogP contribution < -0.4 is 22.9 Å². The summed E-state index contributed by atoms with van der Waals surface area (Å²) >= 11 is 0. The molecule has 1 heterocycles. The molecule has 0 bridgehead atoms. The molecule has 13 heteroatoms. The fourth-order valence-electron chi connectivity index (χ4n) is 4.96. The number of nitrogens with zero attached hydrogens (tertiary/aromatic N) is 2. The van der Waals surface area contributed by atoms with Crippen LogP contribution in [0, 0.1) is 0 Å². The van der Waals surface area contributed by atoms with Crippen LogP contribution >= 0.6 is 0 Å². The minimum absolute atomic E-state index is 0.134. The molecule has 0 aliphatic carbocycles. The summed E-state index contributed by atoms with van der Waals surface area (Å²) in [5.41, 5.74) is 20.0. The average Bonchev–Trinajstić information content (AvgIpc) is 3.44. The van der Waals surface area contributed by atoms with E-state index in [1.807, 2.05) is 12.1 Å². The Morgan fingerprint density at radius 2 is 1.42 bits per heavy atom. The number of carbonyl (C=O) groups excluding carboxylic acids is 3. The van der Waals surface area contributed by atoms with Gasteiger partial charge >= 0.3 is 11.9 Å². The van der Waals surface area contributed by atoms with Crippen molar-refractivity contribution in [1.82, 2.24) is 9.78 Å². The van der Waals surface area contributed by atoms with Crippen molar-refractivity contribution >= 4 is 46.4 Å².